The topological polar surface area (TPSA) is 56.8 Å². The summed E-state index contributed by atoms with van der Waals surface area (Å²) < 4.78 is 17.9. The summed E-state index contributed by atoms with van der Waals surface area (Å²) in [5, 5.41) is 3.79. The van der Waals surface area contributed by atoms with Crippen molar-refractivity contribution in [3.8, 4) is 17.2 Å². The van der Waals surface area contributed by atoms with Gasteiger partial charge in [-0.05, 0) is 55.2 Å². The summed E-state index contributed by atoms with van der Waals surface area (Å²) in [4.78, 5) is 13.0. The summed E-state index contributed by atoms with van der Waals surface area (Å²) >= 11 is 6.25. The lowest BCUT2D eigenvalue weighted by Crippen LogP contribution is -2.49. The number of benzene rings is 3. The molecule has 1 unspecified atom stereocenters. The highest BCUT2D eigenvalue weighted by molar-refractivity contribution is 6.30. The molecule has 0 aromatic heterocycles. The van der Waals surface area contributed by atoms with Gasteiger partial charge in [-0.3, -0.25) is 4.79 Å². The van der Waals surface area contributed by atoms with E-state index in [0.29, 0.717) is 23.1 Å². The zero-order valence-corrected chi connectivity index (χ0v) is 20.4. The van der Waals surface area contributed by atoms with E-state index in [-0.39, 0.29) is 17.6 Å². The fourth-order valence-electron chi connectivity index (χ4n) is 4.74. The SMILES string of the molecule is COc1cccc(/C=C/C(=O)NC2CC3(CCC3)Oc3ccc(Cl)cc32)c1OCc1ccccc1. The Morgan fingerprint density at radius 2 is 1.97 bits per heavy atom. The number of nitrogens with one attached hydrogen (secondary N) is 1. The highest BCUT2D eigenvalue weighted by Crippen LogP contribution is 2.49. The van der Waals surface area contributed by atoms with E-state index in [1.807, 2.05) is 66.7 Å². The molecule has 0 radical (unpaired) electrons. The molecule has 1 aliphatic heterocycles. The third-order valence-corrected chi connectivity index (χ3v) is 6.94. The number of carbonyl (C=O) groups is 1. The molecule has 2 aliphatic rings. The molecule has 35 heavy (non-hydrogen) atoms. The van der Waals surface area contributed by atoms with Gasteiger partial charge in [0.2, 0.25) is 5.91 Å². The van der Waals surface area contributed by atoms with Crippen LogP contribution in [0, 0.1) is 0 Å². The molecule has 1 aliphatic carbocycles. The fraction of sp³-hybridized carbons (Fsp3) is 0.276. The molecular formula is C29H28ClNO4. The Labute approximate surface area is 210 Å². The summed E-state index contributed by atoms with van der Waals surface area (Å²) in [6.45, 7) is 0.399. The molecule has 5 rings (SSSR count). The number of rotatable bonds is 7. The Kier molecular flexibility index (Phi) is 6.69. The second-order valence-corrected chi connectivity index (χ2v) is 9.51. The lowest BCUT2D eigenvalue weighted by Gasteiger charge is -2.48. The lowest BCUT2D eigenvalue weighted by molar-refractivity contribution is -0.118. The average Bonchev–Trinajstić information content (AvgIpc) is 2.86. The van der Waals surface area contributed by atoms with Gasteiger partial charge in [0.15, 0.2) is 11.5 Å². The maximum atomic E-state index is 13.0. The summed E-state index contributed by atoms with van der Waals surface area (Å²) in [5.74, 6) is 1.83. The number of para-hydroxylation sites is 1. The standard InChI is InChI=1S/C29H28ClNO4/c1-33-26-10-5-9-21(28(26)34-19-20-7-3-2-4-8-20)11-14-27(32)31-24-18-29(15-6-16-29)35-25-13-12-22(30)17-23(24)25/h2-5,7-14,17,24H,6,15-16,18-19H2,1H3,(H,31,32)/b14-11+. The number of amides is 1. The van der Waals surface area contributed by atoms with Gasteiger partial charge in [0.25, 0.3) is 0 Å². The molecule has 3 aromatic carbocycles. The van der Waals surface area contributed by atoms with Crippen LogP contribution in [-0.2, 0) is 11.4 Å². The van der Waals surface area contributed by atoms with E-state index in [1.54, 1.807) is 13.2 Å². The van der Waals surface area contributed by atoms with Crippen LogP contribution in [0.25, 0.3) is 6.08 Å². The Balaban J connectivity index is 1.33. The molecule has 0 saturated heterocycles. The molecule has 3 aromatic rings. The minimum atomic E-state index is -0.187. The zero-order valence-electron chi connectivity index (χ0n) is 19.6. The van der Waals surface area contributed by atoms with Gasteiger partial charge in [-0.1, -0.05) is 54.1 Å². The van der Waals surface area contributed by atoms with Crippen LogP contribution in [0.1, 0.15) is 48.4 Å². The van der Waals surface area contributed by atoms with Crippen molar-refractivity contribution in [2.24, 2.45) is 0 Å². The van der Waals surface area contributed by atoms with Crippen molar-refractivity contribution >= 4 is 23.6 Å². The second kappa shape index (κ2) is 10.0. The van der Waals surface area contributed by atoms with Gasteiger partial charge in [0.1, 0.15) is 18.0 Å². The van der Waals surface area contributed by atoms with Crippen LogP contribution in [0.5, 0.6) is 17.2 Å². The monoisotopic (exact) mass is 489 g/mol. The predicted molar refractivity (Wildman–Crippen MR) is 137 cm³/mol. The normalized spacial score (nSPS) is 17.8. The van der Waals surface area contributed by atoms with E-state index < -0.39 is 0 Å². The molecule has 0 bridgehead atoms. The number of methoxy groups -OCH3 is 1. The van der Waals surface area contributed by atoms with Crippen LogP contribution in [0.4, 0.5) is 0 Å². The summed E-state index contributed by atoms with van der Waals surface area (Å²) in [6.07, 6.45) is 7.19. The highest BCUT2D eigenvalue weighted by atomic mass is 35.5. The first-order valence-corrected chi connectivity index (χ1v) is 12.2. The first-order valence-electron chi connectivity index (χ1n) is 11.9. The molecule has 6 heteroatoms. The maximum Gasteiger partial charge on any atom is 0.244 e. The van der Waals surface area contributed by atoms with Gasteiger partial charge >= 0.3 is 0 Å². The number of hydrogen-bond donors (Lipinski definition) is 1. The number of fused-ring (bicyclic) bond motifs is 1. The molecule has 1 N–H and O–H groups in total. The van der Waals surface area contributed by atoms with Gasteiger partial charge in [-0.2, -0.15) is 0 Å². The molecule has 1 spiro atoms. The third-order valence-electron chi connectivity index (χ3n) is 6.70. The van der Waals surface area contributed by atoms with Gasteiger partial charge in [0.05, 0.1) is 13.2 Å². The molecule has 180 valence electrons. The van der Waals surface area contributed by atoms with E-state index in [0.717, 1.165) is 48.1 Å². The Morgan fingerprint density at radius 3 is 2.71 bits per heavy atom. The van der Waals surface area contributed by atoms with Crippen LogP contribution in [0.2, 0.25) is 5.02 Å². The van der Waals surface area contributed by atoms with Gasteiger partial charge in [0, 0.05) is 28.6 Å². The fourth-order valence-corrected chi connectivity index (χ4v) is 4.92. The number of ether oxygens (including phenoxy) is 3. The number of hydrogen-bond acceptors (Lipinski definition) is 4. The smallest absolute Gasteiger partial charge is 0.244 e. The van der Waals surface area contributed by atoms with Crippen LogP contribution in [0.15, 0.2) is 72.8 Å². The van der Waals surface area contributed by atoms with Gasteiger partial charge < -0.3 is 19.5 Å². The van der Waals surface area contributed by atoms with Gasteiger partial charge in [-0.25, -0.2) is 0 Å². The largest absolute Gasteiger partial charge is 0.493 e. The lowest BCUT2D eigenvalue weighted by atomic mass is 9.73. The van der Waals surface area contributed by atoms with E-state index in [1.165, 1.54) is 6.08 Å². The average molecular weight is 490 g/mol. The van der Waals surface area contributed by atoms with Crippen LogP contribution < -0.4 is 19.5 Å². The summed E-state index contributed by atoms with van der Waals surface area (Å²) in [5.41, 5.74) is 2.55. The first kappa shape index (κ1) is 23.3. The van der Waals surface area contributed by atoms with E-state index in [4.69, 9.17) is 25.8 Å². The molecule has 5 nitrogen and oxygen atoms in total. The summed E-state index contributed by atoms with van der Waals surface area (Å²) in [7, 11) is 1.61. The number of carbonyl (C=O) groups excluding carboxylic acids is 1. The van der Waals surface area contributed by atoms with Crippen molar-refractivity contribution in [1.29, 1.82) is 0 Å². The van der Waals surface area contributed by atoms with Crippen molar-refractivity contribution in [3.63, 3.8) is 0 Å². The molecule has 1 heterocycles. The van der Waals surface area contributed by atoms with Gasteiger partial charge in [-0.15, -0.1) is 0 Å². The van der Waals surface area contributed by atoms with Crippen LogP contribution >= 0.6 is 11.6 Å². The zero-order chi connectivity index (χ0) is 24.3. The highest BCUT2D eigenvalue weighted by Gasteiger charge is 2.45. The Morgan fingerprint density at radius 1 is 1.14 bits per heavy atom. The van der Waals surface area contributed by atoms with Crippen LogP contribution in [-0.4, -0.2) is 18.6 Å². The molecule has 1 atom stereocenters. The van der Waals surface area contributed by atoms with E-state index in [2.05, 4.69) is 5.32 Å². The predicted octanol–water partition coefficient (Wildman–Crippen LogP) is 6.50. The third kappa shape index (κ3) is 5.15. The molecule has 1 fully saturated rings. The maximum absolute atomic E-state index is 13.0. The minimum Gasteiger partial charge on any atom is -0.493 e. The summed E-state index contributed by atoms with van der Waals surface area (Å²) in [6, 6.07) is 21.0. The second-order valence-electron chi connectivity index (χ2n) is 9.07. The quantitative estimate of drug-likeness (QED) is 0.385. The molecular weight excluding hydrogens is 462 g/mol. The van der Waals surface area contributed by atoms with Crippen LogP contribution in [0.3, 0.4) is 0 Å². The molecule has 1 saturated carbocycles. The van der Waals surface area contributed by atoms with Crippen molar-refractivity contribution < 1.29 is 19.0 Å². The first-order chi connectivity index (χ1) is 17.0. The Hall–Kier alpha value is -3.44. The van der Waals surface area contributed by atoms with Crippen molar-refractivity contribution in [2.75, 3.05) is 7.11 Å². The number of halogens is 1. The van der Waals surface area contributed by atoms with Crippen molar-refractivity contribution in [2.45, 2.75) is 43.9 Å². The van der Waals surface area contributed by atoms with Crippen molar-refractivity contribution in [1.82, 2.24) is 5.32 Å². The Bertz CT molecular complexity index is 1240. The minimum absolute atomic E-state index is 0.158. The van der Waals surface area contributed by atoms with Crippen molar-refractivity contribution in [3.05, 3.63) is 94.5 Å². The van der Waals surface area contributed by atoms with E-state index in [9.17, 15) is 4.79 Å². The molecule has 1 amide bonds. The van der Waals surface area contributed by atoms with E-state index >= 15 is 0 Å².